The summed E-state index contributed by atoms with van der Waals surface area (Å²) in [6.45, 7) is 7.29. The van der Waals surface area contributed by atoms with Crippen LogP contribution in [0.2, 0.25) is 0 Å². The zero-order chi connectivity index (χ0) is 16.1. The number of rotatable bonds is 5. The van der Waals surface area contributed by atoms with Crippen LogP contribution in [-0.2, 0) is 4.79 Å². The molecule has 7 nitrogen and oxygen atoms in total. The summed E-state index contributed by atoms with van der Waals surface area (Å²) in [6, 6.07) is 5.13. The van der Waals surface area contributed by atoms with Gasteiger partial charge in [0.25, 0.3) is 5.69 Å². The number of nitrogens with one attached hydrogen (secondary N) is 2. The molecule has 2 N–H and O–H groups in total. The van der Waals surface area contributed by atoms with E-state index in [0.29, 0.717) is 30.3 Å². The van der Waals surface area contributed by atoms with Gasteiger partial charge in [0.2, 0.25) is 5.91 Å². The quantitative estimate of drug-likeness (QED) is 0.630. The Morgan fingerprint density at radius 3 is 2.91 bits per heavy atom. The molecule has 1 aromatic rings. The summed E-state index contributed by atoms with van der Waals surface area (Å²) in [6.07, 6.45) is 0.381. The van der Waals surface area contributed by atoms with Crippen molar-refractivity contribution in [1.82, 2.24) is 10.2 Å². The second-order valence-electron chi connectivity index (χ2n) is 5.59. The van der Waals surface area contributed by atoms with Gasteiger partial charge in [-0.15, -0.1) is 12.4 Å². The van der Waals surface area contributed by atoms with Crippen LogP contribution >= 0.6 is 12.4 Å². The van der Waals surface area contributed by atoms with Crippen LogP contribution < -0.4 is 10.6 Å². The predicted octanol–water partition coefficient (Wildman–Crippen LogP) is 1.95. The summed E-state index contributed by atoms with van der Waals surface area (Å²) in [4.78, 5) is 24.8. The smallest absolute Gasteiger partial charge is 0.274 e. The number of piperazine rings is 1. The van der Waals surface area contributed by atoms with E-state index in [1.165, 1.54) is 6.07 Å². The minimum Gasteiger partial charge on any atom is -0.326 e. The number of amides is 1. The van der Waals surface area contributed by atoms with Gasteiger partial charge in [0.1, 0.15) is 0 Å². The maximum atomic E-state index is 12.1. The number of nitro groups is 1. The molecule has 0 aliphatic carbocycles. The number of benzene rings is 1. The number of halogens is 1. The van der Waals surface area contributed by atoms with Gasteiger partial charge in [0, 0.05) is 44.7 Å². The number of carbonyl (C=O) groups excluding carboxylic acids is 1. The predicted molar refractivity (Wildman–Crippen MR) is 92.2 cm³/mol. The standard InChI is InChI=1S/C15H22N4O3.ClH/c1-11-10-16-7-9-18(11)8-6-15(20)17-13-4-3-5-14(12(13)2)19(21)22;/h3-5,11,16H,6-10H2,1-2H3,(H,17,20);1H/t11-;/m0./s1. The molecule has 23 heavy (non-hydrogen) atoms. The van der Waals surface area contributed by atoms with Crippen molar-refractivity contribution in [2.45, 2.75) is 26.3 Å². The molecular weight excluding hydrogens is 320 g/mol. The molecule has 0 radical (unpaired) electrons. The average molecular weight is 343 g/mol. The monoisotopic (exact) mass is 342 g/mol. The maximum absolute atomic E-state index is 12.1. The largest absolute Gasteiger partial charge is 0.326 e. The fraction of sp³-hybridized carbons (Fsp3) is 0.533. The second kappa shape index (κ2) is 8.81. The van der Waals surface area contributed by atoms with Gasteiger partial charge in [-0.1, -0.05) is 6.07 Å². The molecule has 1 fully saturated rings. The normalized spacial score (nSPS) is 18.1. The molecule has 1 saturated heterocycles. The second-order valence-corrected chi connectivity index (χ2v) is 5.59. The highest BCUT2D eigenvalue weighted by atomic mass is 35.5. The van der Waals surface area contributed by atoms with E-state index in [9.17, 15) is 14.9 Å². The number of nitrogens with zero attached hydrogens (tertiary/aromatic N) is 2. The first-order chi connectivity index (χ1) is 10.5. The Morgan fingerprint density at radius 2 is 2.26 bits per heavy atom. The van der Waals surface area contributed by atoms with Crippen LogP contribution in [0.15, 0.2) is 18.2 Å². The van der Waals surface area contributed by atoms with Crippen molar-refractivity contribution in [3.05, 3.63) is 33.9 Å². The highest BCUT2D eigenvalue weighted by molar-refractivity contribution is 5.92. The molecule has 128 valence electrons. The van der Waals surface area contributed by atoms with E-state index in [1.807, 2.05) is 0 Å². The van der Waals surface area contributed by atoms with Crippen LogP contribution in [0, 0.1) is 17.0 Å². The van der Waals surface area contributed by atoms with Gasteiger partial charge in [0.15, 0.2) is 0 Å². The minimum atomic E-state index is -0.437. The molecule has 1 aliphatic rings. The third kappa shape index (κ3) is 5.16. The number of hydrogen-bond acceptors (Lipinski definition) is 5. The molecule has 0 saturated carbocycles. The number of hydrogen-bond donors (Lipinski definition) is 2. The third-order valence-electron chi connectivity index (χ3n) is 4.04. The Balaban J connectivity index is 0.00000264. The lowest BCUT2D eigenvalue weighted by Gasteiger charge is -2.33. The Morgan fingerprint density at radius 1 is 1.52 bits per heavy atom. The Hall–Kier alpha value is -1.70. The topological polar surface area (TPSA) is 87.5 Å². The molecular formula is C15H23ClN4O3. The number of anilines is 1. The van der Waals surface area contributed by atoms with Gasteiger partial charge in [-0.25, -0.2) is 0 Å². The van der Waals surface area contributed by atoms with Crippen LogP contribution in [0.1, 0.15) is 18.9 Å². The van der Waals surface area contributed by atoms with Crippen molar-refractivity contribution in [3.63, 3.8) is 0 Å². The number of carbonyl (C=O) groups is 1. The summed E-state index contributed by atoms with van der Waals surface area (Å²) in [5, 5.41) is 17.0. The van der Waals surface area contributed by atoms with Gasteiger partial charge in [0.05, 0.1) is 16.2 Å². The first-order valence-electron chi connectivity index (χ1n) is 7.47. The van der Waals surface area contributed by atoms with Crippen LogP contribution in [-0.4, -0.2) is 48.0 Å². The summed E-state index contributed by atoms with van der Waals surface area (Å²) < 4.78 is 0. The van der Waals surface area contributed by atoms with Gasteiger partial charge in [-0.05, 0) is 19.9 Å². The molecule has 1 atom stereocenters. The Bertz CT molecular complexity index is 568. The summed E-state index contributed by atoms with van der Waals surface area (Å²) in [5.41, 5.74) is 1.01. The van der Waals surface area contributed by atoms with E-state index in [1.54, 1.807) is 19.1 Å². The lowest BCUT2D eigenvalue weighted by Crippen LogP contribution is -2.50. The van der Waals surface area contributed by atoms with E-state index >= 15 is 0 Å². The van der Waals surface area contributed by atoms with Crippen LogP contribution in [0.25, 0.3) is 0 Å². The van der Waals surface area contributed by atoms with Crippen molar-refractivity contribution in [2.75, 3.05) is 31.5 Å². The van der Waals surface area contributed by atoms with Crippen LogP contribution in [0.4, 0.5) is 11.4 Å². The van der Waals surface area contributed by atoms with Crippen LogP contribution in [0.3, 0.4) is 0 Å². The molecule has 0 aromatic heterocycles. The summed E-state index contributed by atoms with van der Waals surface area (Å²) >= 11 is 0. The fourth-order valence-corrected chi connectivity index (χ4v) is 2.63. The van der Waals surface area contributed by atoms with Gasteiger partial charge >= 0.3 is 0 Å². The fourth-order valence-electron chi connectivity index (χ4n) is 2.63. The molecule has 0 bridgehead atoms. The molecule has 1 heterocycles. The highest BCUT2D eigenvalue weighted by Crippen LogP contribution is 2.25. The lowest BCUT2D eigenvalue weighted by molar-refractivity contribution is -0.385. The van der Waals surface area contributed by atoms with Gasteiger partial charge in [-0.2, -0.15) is 0 Å². The molecule has 1 amide bonds. The van der Waals surface area contributed by atoms with Crippen molar-refractivity contribution < 1.29 is 9.72 Å². The zero-order valence-electron chi connectivity index (χ0n) is 13.4. The highest BCUT2D eigenvalue weighted by Gasteiger charge is 2.19. The van der Waals surface area contributed by atoms with Crippen molar-refractivity contribution in [3.8, 4) is 0 Å². The van der Waals surface area contributed by atoms with Gasteiger partial charge < -0.3 is 10.6 Å². The Kier molecular flexibility index (Phi) is 7.41. The van der Waals surface area contributed by atoms with Crippen LogP contribution in [0.5, 0.6) is 0 Å². The average Bonchev–Trinajstić information content (AvgIpc) is 2.48. The third-order valence-corrected chi connectivity index (χ3v) is 4.04. The molecule has 1 aromatic carbocycles. The SMILES string of the molecule is Cc1c(NC(=O)CCN2CCNC[C@@H]2C)cccc1[N+](=O)[O-].Cl. The molecule has 8 heteroatoms. The number of nitro benzene ring substituents is 1. The first-order valence-corrected chi connectivity index (χ1v) is 7.47. The van der Waals surface area contributed by atoms with Crippen molar-refractivity contribution >= 4 is 29.7 Å². The van der Waals surface area contributed by atoms with E-state index in [0.717, 1.165) is 19.6 Å². The molecule has 0 spiro atoms. The van der Waals surface area contributed by atoms with Gasteiger partial charge in [-0.3, -0.25) is 19.8 Å². The van der Waals surface area contributed by atoms with Crippen molar-refractivity contribution in [2.24, 2.45) is 0 Å². The van der Waals surface area contributed by atoms with E-state index in [4.69, 9.17) is 0 Å². The Labute approximate surface area is 142 Å². The van der Waals surface area contributed by atoms with E-state index in [2.05, 4.69) is 22.5 Å². The van der Waals surface area contributed by atoms with E-state index in [-0.39, 0.29) is 24.0 Å². The first kappa shape index (κ1) is 19.3. The van der Waals surface area contributed by atoms with Crippen molar-refractivity contribution in [1.29, 1.82) is 0 Å². The molecule has 0 unspecified atom stereocenters. The van der Waals surface area contributed by atoms with E-state index < -0.39 is 4.92 Å². The molecule has 1 aliphatic heterocycles. The summed E-state index contributed by atoms with van der Waals surface area (Å²) in [7, 11) is 0. The zero-order valence-corrected chi connectivity index (χ0v) is 14.2. The minimum absolute atomic E-state index is 0. The lowest BCUT2D eigenvalue weighted by atomic mass is 10.1. The summed E-state index contributed by atoms with van der Waals surface area (Å²) in [5.74, 6) is -0.116. The molecule has 2 rings (SSSR count). The maximum Gasteiger partial charge on any atom is 0.274 e.